The van der Waals surface area contributed by atoms with Crippen molar-refractivity contribution in [3.63, 3.8) is 0 Å². The molecule has 1 saturated heterocycles. The minimum Gasteiger partial charge on any atom is -0.306 e. The Morgan fingerprint density at radius 2 is 1.86 bits per heavy atom. The standard InChI is InChI=1S/C16H21N3O2/c20-15(5-4-10-19-8-2-1-3-9-19)12-6-7-13-14(11-12)18-16(21)17-13/h6-7,11H,1-5,8-10H2,(H2,17,18,21). The first-order chi connectivity index (χ1) is 10.2. The molecule has 1 aliphatic heterocycles. The van der Waals surface area contributed by atoms with Crippen LogP contribution in [0.2, 0.25) is 0 Å². The SMILES string of the molecule is O=C(CCCN1CCCCC1)c1ccc2[nH]c(=O)[nH]c2c1. The van der Waals surface area contributed by atoms with Gasteiger partial charge in [0.15, 0.2) is 5.78 Å². The van der Waals surface area contributed by atoms with Crippen LogP contribution >= 0.6 is 0 Å². The fourth-order valence-electron chi connectivity index (χ4n) is 3.00. The molecule has 3 rings (SSSR count). The Labute approximate surface area is 123 Å². The number of hydrogen-bond acceptors (Lipinski definition) is 3. The minimum atomic E-state index is -0.236. The Bertz CT molecular complexity index is 680. The van der Waals surface area contributed by atoms with Crippen LogP contribution in [0, 0.1) is 0 Å². The molecule has 1 fully saturated rings. The van der Waals surface area contributed by atoms with Gasteiger partial charge in [-0.15, -0.1) is 0 Å². The highest BCUT2D eigenvalue weighted by Crippen LogP contribution is 2.14. The average molecular weight is 287 g/mol. The Kier molecular flexibility index (Phi) is 4.20. The molecule has 21 heavy (non-hydrogen) atoms. The van der Waals surface area contributed by atoms with Crippen molar-refractivity contribution in [3.05, 3.63) is 34.2 Å². The van der Waals surface area contributed by atoms with E-state index in [-0.39, 0.29) is 11.5 Å². The second-order valence-corrected chi connectivity index (χ2v) is 5.77. The maximum Gasteiger partial charge on any atom is 0.323 e. The van der Waals surface area contributed by atoms with E-state index in [1.165, 1.54) is 32.4 Å². The highest BCUT2D eigenvalue weighted by Gasteiger charge is 2.12. The van der Waals surface area contributed by atoms with Crippen molar-refractivity contribution in [1.82, 2.24) is 14.9 Å². The molecule has 2 N–H and O–H groups in total. The van der Waals surface area contributed by atoms with E-state index in [0.717, 1.165) is 18.5 Å². The number of fused-ring (bicyclic) bond motifs is 1. The summed E-state index contributed by atoms with van der Waals surface area (Å²) in [7, 11) is 0. The Hall–Kier alpha value is -1.88. The highest BCUT2D eigenvalue weighted by molar-refractivity contribution is 5.98. The number of piperidine rings is 1. The number of hydrogen-bond donors (Lipinski definition) is 2. The fraction of sp³-hybridized carbons (Fsp3) is 0.500. The van der Waals surface area contributed by atoms with Crippen LogP contribution in [-0.4, -0.2) is 40.3 Å². The van der Waals surface area contributed by atoms with Crippen molar-refractivity contribution in [2.45, 2.75) is 32.1 Å². The van der Waals surface area contributed by atoms with E-state index < -0.39 is 0 Å². The minimum absolute atomic E-state index is 0.149. The number of benzene rings is 1. The van der Waals surface area contributed by atoms with Crippen LogP contribution in [0.3, 0.4) is 0 Å². The number of rotatable bonds is 5. The first kappa shape index (κ1) is 14.1. The second kappa shape index (κ2) is 6.26. The summed E-state index contributed by atoms with van der Waals surface area (Å²) >= 11 is 0. The number of carbonyl (C=O) groups is 1. The summed E-state index contributed by atoms with van der Waals surface area (Å²) in [4.78, 5) is 31.3. The molecule has 0 aliphatic carbocycles. The van der Waals surface area contributed by atoms with Crippen molar-refractivity contribution in [2.75, 3.05) is 19.6 Å². The summed E-state index contributed by atoms with van der Waals surface area (Å²) in [5.41, 5.74) is 1.88. The van der Waals surface area contributed by atoms with Gasteiger partial charge in [0, 0.05) is 12.0 Å². The molecule has 5 nitrogen and oxygen atoms in total. The van der Waals surface area contributed by atoms with E-state index in [1.807, 2.05) is 0 Å². The van der Waals surface area contributed by atoms with Crippen LogP contribution in [0.25, 0.3) is 11.0 Å². The van der Waals surface area contributed by atoms with Gasteiger partial charge in [-0.2, -0.15) is 0 Å². The van der Waals surface area contributed by atoms with Gasteiger partial charge < -0.3 is 14.9 Å². The van der Waals surface area contributed by atoms with Gasteiger partial charge >= 0.3 is 5.69 Å². The number of H-pyrrole nitrogens is 2. The average Bonchev–Trinajstić information content (AvgIpc) is 2.87. The first-order valence-corrected chi connectivity index (χ1v) is 7.70. The maximum atomic E-state index is 12.2. The predicted octanol–water partition coefficient (Wildman–Crippen LogP) is 2.30. The van der Waals surface area contributed by atoms with E-state index in [4.69, 9.17) is 0 Å². The van der Waals surface area contributed by atoms with E-state index >= 15 is 0 Å². The molecule has 5 heteroatoms. The first-order valence-electron chi connectivity index (χ1n) is 7.70. The Morgan fingerprint density at radius 1 is 1.10 bits per heavy atom. The molecule has 1 aliphatic rings. The quantitative estimate of drug-likeness (QED) is 0.829. The number of imidazole rings is 1. The number of aromatic amines is 2. The summed E-state index contributed by atoms with van der Waals surface area (Å²) in [5.74, 6) is 0.149. The molecular weight excluding hydrogens is 266 g/mol. The van der Waals surface area contributed by atoms with Crippen LogP contribution in [0.1, 0.15) is 42.5 Å². The van der Waals surface area contributed by atoms with Crippen molar-refractivity contribution in [3.8, 4) is 0 Å². The van der Waals surface area contributed by atoms with Gasteiger partial charge in [0.1, 0.15) is 0 Å². The molecule has 0 spiro atoms. The van der Waals surface area contributed by atoms with Crippen LogP contribution in [0.5, 0.6) is 0 Å². The Balaban J connectivity index is 1.57. The lowest BCUT2D eigenvalue weighted by atomic mass is 10.1. The van der Waals surface area contributed by atoms with Crippen LogP contribution in [-0.2, 0) is 0 Å². The number of nitrogens with zero attached hydrogens (tertiary/aromatic N) is 1. The number of nitrogens with one attached hydrogen (secondary N) is 2. The van der Waals surface area contributed by atoms with Crippen molar-refractivity contribution in [1.29, 1.82) is 0 Å². The number of carbonyl (C=O) groups excluding carboxylic acids is 1. The van der Waals surface area contributed by atoms with Crippen molar-refractivity contribution >= 4 is 16.8 Å². The van der Waals surface area contributed by atoms with Crippen LogP contribution in [0.4, 0.5) is 0 Å². The second-order valence-electron chi connectivity index (χ2n) is 5.77. The van der Waals surface area contributed by atoms with Crippen molar-refractivity contribution < 1.29 is 4.79 Å². The van der Waals surface area contributed by atoms with Gasteiger partial charge in [0.25, 0.3) is 0 Å². The molecule has 0 radical (unpaired) electrons. The molecule has 0 unspecified atom stereocenters. The molecule has 1 aromatic heterocycles. The summed E-state index contributed by atoms with van der Waals surface area (Å²) in [5, 5.41) is 0. The summed E-state index contributed by atoms with van der Waals surface area (Å²) in [6, 6.07) is 5.33. The third-order valence-corrected chi connectivity index (χ3v) is 4.16. The lowest BCUT2D eigenvalue weighted by Crippen LogP contribution is -2.30. The lowest BCUT2D eigenvalue weighted by molar-refractivity contribution is 0.0973. The van der Waals surface area contributed by atoms with Gasteiger partial charge in [0.2, 0.25) is 0 Å². The van der Waals surface area contributed by atoms with Crippen molar-refractivity contribution in [2.24, 2.45) is 0 Å². The molecule has 112 valence electrons. The normalized spacial score (nSPS) is 16.4. The molecule has 2 heterocycles. The van der Waals surface area contributed by atoms with Gasteiger partial charge in [-0.1, -0.05) is 6.42 Å². The van der Waals surface area contributed by atoms with Crippen LogP contribution < -0.4 is 5.69 Å². The third-order valence-electron chi connectivity index (χ3n) is 4.16. The van der Waals surface area contributed by atoms with Crippen LogP contribution in [0.15, 0.2) is 23.0 Å². The van der Waals surface area contributed by atoms with E-state index in [0.29, 0.717) is 17.5 Å². The van der Waals surface area contributed by atoms with E-state index in [1.54, 1.807) is 18.2 Å². The third kappa shape index (κ3) is 3.42. The molecular formula is C16H21N3O2. The van der Waals surface area contributed by atoms with E-state index in [2.05, 4.69) is 14.9 Å². The molecule has 0 atom stereocenters. The smallest absolute Gasteiger partial charge is 0.306 e. The summed E-state index contributed by atoms with van der Waals surface area (Å²) in [6.07, 6.45) is 5.37. The Morgan fingerprint density at radius 3 is 2.67 bits per heavy atom. The fourth-order valence-corrected chi connectivity index (χ4v) is 3.00. The number of Topliss-reactive ketones (excluding diaryl/α,β-unsaturated/α-hetero) is 1. The predicted molar refractivity (Wildman–Crippen MR) is 82.8 cm³/mol. The van der Waals surface area contributed by atoms with E-state index in [9.17, 15) is 9.59 Å². The molecule has 1 aromatic carbocycles. The molecule has 0 saturated carbocycles. The number of ketones is 1. The number of likely N-dealkylation sites (tertiary alicyclic amines) is 1. The summed E-state index contributed by atoms with van der Waals surface area (Å²) < 4.78 is 0. The van der Waals surface area contributed by atoms with Gasteiger partial charge in [0.05, 0.1) is 11.0 Å². The zero-order valence-corrected chi connectivity index (χ0v) is 12.2. The highest BCUT2D eigenvalue weighted by atomic mass is 16.1. The molecule has 0 amide bonds. The lowest BCUT2D eigenvalue weighted by Gasteiger charge is -2.26. The zero-order valence-electron chi connectivity index (χ0n) is 12.2. The summed E-state index contributed by atoms with van der Waals surface area (Å²) in [6.45, 7) is 3.35. The van der Waals surface area contributed by atoms with Gasteiger partial charge in [-0.3, -0.25) is 4.79 Å². The largest absolute Gasteiger partial charge is 0.323 e. The molecule has 0 bridgehead atoms. The van der Waals surface area contributed by atoms with Gasteiger partial charge in [-0.05, 0) is 57.1 Å². The topological polar surface area (TPSA) is 69.0 Å². The zero-order chi connectivity index (χ0) is 14.7. The number of aromatic nitrogens is 2. The monoisotopic (exact) mass is 287 g/mol. The molecule has 2 aromatic rings. The maximum absolute atomic E-state index is 12.2. The van der Waals surface area contributed by atoms with Gasteiger partial charge in [-0.25, -0.2) is 4.79 Å².